The molecule has 3 aromatic rings. The molecule has 0 fully saturated rings. The highest BCUT2D eigenvalue weighted by Gasteiger charge is 2.19. The van der Waals surface area contributed by atoms with Gasteiger partial charge in [-0.3, -0.25) is 4.57 Å². The van der Waals surface area contributed by atoms with Crippen LogP contribution < -0.4 is 0 Å². The summed E-state index contributed by atoms with van der Waals surface area (Å²) in [5.41, 5.74) is 0.746. The summed E-state index contributed by atoms with van der Waals surface area (Å²) in [4.78, 5) is 4.28. The third-order valence-corrected chi connectivity index (χ3v) is 3.34. The molecule has 108 valence electrons. The summed E-state index contributed by atoms with van der Waals surface area (Å²) in [6, 6.07) is 7.01. The Hall–Kier alpha value is -2.01. The van der Waals surface area contributed by atoms with E-state index in [0.29, 0.717) is 16.9 Å². The molecule has 0 aliphatic carbocycles. The Kier molecular flexibility index (Phi) is 3.37. The zero-order valence-electron chi connectivity index (χ0n) is 10.9. The lowest BCUT2D eigenvalue weighted by Gasteiger charge is -2.11. The molecule has 6 heteroatoms. The van der Waals surface area contributed by atoms with E-state index in [0.717, 1.165) is 18.2 Å². The monoisotopic (exact) mass is 310 g/mol. The Morgan fingerprint density at radius 1 is 1.05 bits per heavy atom. The van der Waals surface area contributed by atoms with Gasteiger partial charge in [0.15, 0.2) is 0 Å². The first-order valence-corrected chi connectivity index (χ1v) is 6.68. The van der Waals surface area contributed by atoms with Crippen LogP contribution in [0.4, 0.5) is 13.2 Å². The van der Waals surface area contributed by atoms with Gasteiger partial charge in [-0.15, -0.1) is 11.6 Å². The fourth-order valence-corrected chi connectivity index (χ4v) is 2.39. The highest BCUT2D eigenvalue weighted by Crippen LogP contribution is 2.30. The molecule has 0 aliphatic rings. The van der Waals surface area contributed by atoms with Gasteiger partial charge in [0.2, 0.25) is 0 Å². The second-order valence-electron chi connectivity index (χ2n) is 4.65. The maximum absolute atomic E-state index is 14.1. The molecule has 0 radical (unpaired) electrons. The number of fused-ring (bicyclic) bond motifs is 1. The van der Waals surface area contributed by atoms with Crippen LogP contribution in [0.5, 0.6) is 0 Å². The maximum Gasteiger partial charge on any atom is 0.147 e. The number of aromatic nitrogens is 2. The number of hydrogen-bond donors (Lipinski definition) is 0. The number of nitrogens with zero attached hydrogens (tertiary/aromatic N) is 2. The molecule has 21 heavy (non-hydrogen) atoms. The number of rotatable bonds is 2. The minimum Gasteiger partial charge on any atom is -0.292 e. The lowest BCUT2D eigenvalue weighted by Crippen LogP contribution is -2.04. The molecule has 2 nitrogen and oxygen atoms in total. The van der Waals surface area contributed by atoms with E-state index in [9.17, 15) is 13.2 Å². The molecule has 1 aromatic heterocycles. The predicted molar refractivity (Wildman–Crippen MR) is 75.2 cm³/mol. The predicted octanol–water partition coefficient (Wildman–Crippen LogP) is 4.74. The Morgan fingerprint density at radius 2 is 1.71 bits per heavy atom. The number of imidazole rings is 1. The molecular weight excluding hydrogens is 301 g/mol. The second kappa shape index (κ2) is 5.07. The van der Waals surface area contributed by atoms with Crippen molar-refractivity contribution in [3.63, 3.8) is 0 Å². The summed E-state index contributed by atoms with van der Waals surface area (Å²) in [6.45, 7) is 1.66. The molecule has 0 saturated heterocycles. The van der Waals surface area contributed by atoms with Crippen molar-refractivity contribution in [1.29, 1.82) is 0 Å². The SMILES string of the molecule is CC(Cl)c1nc2ccc(F)cc2n1-c1cc(F)ccc1F. The minimum absolute atomic E-state index is 0.0504. The molecule has 1 unspecified atom stereocenters. The summed E-state index contributed by atoms with van der Waals surface area (Å²) in [5.74, 6) is -1.41. The van der Waals surface area contributed by atoms with Crippen LogP contribution in [-0.4, -0.2) is 9.55 Å². The van der Waals surface area contributed by atoms with Crippen LogP contribution in [-0.2, 0) is 0 Å². The third kappa shape index (κ3) is 2.38. The molecule has 0 aliphatic heterocycles. The summed E-state index contributed by atoms with van der Waals surface area (Å²) in [6.07, 6.45) is 0. The minimum atomic E-state index is -0.640. The lowest BCUT2D eigenvalue weighted by molar-refractivity contribution is 0.591. The van der Waals surface area contributed by atoms with Crippen LogP contribution in [0.1, 0.15) is 18.1 Å². The molecule has 1 heterocycles. The first-order valence-electron chi connectivity index (χ1n) is 6.25. The van der Waals surface area contributed by atoms with Crippen molar-refractivity contribution in [2.45, 2.75) is 12.3 Å². The molecular formula is C15H10ClF3N2. The van der Waals surface area contributed by atoms with Crippen LogP contribution >= 0.6 is 11.6 Å². The Balaban J connectivity index is 2.41. The quantitative estimate of drug-likeness (QED) is 0.625. The first-order chi connectivity index (χ1) is 9.97. The van der Waals surface area contributed by atoms with Crippen LogP contribution in [0.2, 0.25) is 0 Å². The smallest absolute Gasteiger partial charge is 0.147 e. The summed E-state index contributed by atoms with van der Waals surface area (Å²) in [5, 5.41) is -0.553. The molecule has 0 bridgehead atoms. The van der Waals surface area contributed by atoms with Gasteiger partial charge in [-0.1, -0.05) is 0 Å². The topological polar surface area (TPSA) is 17.8 Å². The van der Waals surface area contributed by atoms with Gasteiger partial charge in [-0.25, -0.2) is 18.2 Å². The normalized spacial score (nSPS) is 12.8. The molecule has 0 saturated carbocycles. The van der Waals surface area contributed by atoms with Gasteiger partial charge in [-0.05, 0) is 31.2 Å². The van der Waals surface area contributed by atoms with E-state index in [1.165, 1.54) is 22.8 Å². The van der Waals surface area contributed by atoms with Crippen LogP contribution in [0.25, 0.3) is 16.7 Å². The fraction of sp³-hybridized carbons (Fsp3) is 0.133. The summed E-state index contributed by atoms with van der Waals surface area (Å²) in [7, 11) is 0. The van der Waals surface area contributed by atoms with Gasteiger partial charge in [0.25, 0.3) is 0 Å². The highest BCUT2D eigenvalue weighted by atomic mass is 35.5. The standard InChI is InChI=1S/C15H10ClF3N2/c1-8(16)15-20-12-5-3-10(18)7-14(12)21(15)13-6-9(17)2-4-11(13)19/h2-8H,1H3. The van der Waals surface area contributed by atoms with Crippen molar-refractivity contribution in [1.82, 2.24) is 9.55 Å². The number of hydrogen-bond acceptors (Lipinski definition) is 1. The van der Waals surface area contributed by atoms with Gasteiger partial charge in [0.1, 0.15) is 23.3 Å². The van der Waals surface area contributed by atoms with E-state index in [4.69, 9.17) is 11.6 Å². The number of halogens is 4. The second-order valence-corrected chi connectivity index (χ2v) is 5.30. The Bertz CT molecular complexity index is 827. The lowest BCUT2D eigenvalue weighted by atomic mass is 10.2. The van der Waals surface area contributed by atoms with Crippen molar-refractivity contribution in [2.24, 2.45) is 0 Å². The van der Waals surface area contributed by atoms with Crippen LogP contribution in [0, 0.1) is 17.5 Å². The van der Waals surface area contributed by atoms with Gasteiger partial charge in [0, 0.05) is 12.1 Å². The average molecular weight is 311 g/mol. The first kappa shape index (κ1) is 13.9. The van der Waals surface area contributed by atoms with Crippen molar-refractivity contribution in [3.05, 3.63) is 59.7 Å². The van der Waals surface area contributed by atoms with Gasteiger partial charge >= 0.3 is 0 Å². The Labute approximate surface area is 123 Å². The number of alkyl halides is 1. The van der Waals surface area contributed by atoms with E-state index in [1.807, 2.05) is 0 Å². The summed E-state index contributed by atoms with van der Waals surface area (Å²) >= 11 is 6.07. The van der Waals surface area contributed by atoms with Crippen molar-refractivity contribution in [3.8, 4) is 5.69 Å². The zero-order chi connectivity index (χ0) is 15.1. The van der Waals surface area contributed by atoms with Gasteiger partial charge < -0.3 is 0 Å². The average Bonchev–Trinajstić information content (AvgIpc) is 2.80. The van der Waals surface area contributed by atoms with E-state index in [-0.39, 0.29) is 5.69 Å². The van der Waals surface area contributed by atoms with Crippen LogP contribution in [0.15, 0.2) is 36.4 Å². The van der Waals surface area contributed by atoms with Crippen molar-refractivity contribution >= 4 is 22.6 Å². The van der Waals surface area contributed by atoms with Gasteiger partial charge in [-0.2, -0.15) is 0 Å². The maximum atomic E-state index is 14.1. The van der Waals surface area contributed by atoms with E-state index in [2.05, 4.69) is 4.98 Å². The van der Waals surface area contributed by atoms with E-state index >= 15 is 0 Å². The summed E-state index contributed by atoms with van der Waals surface area (Å²) < 4.78 is 42.3. The van der Waals surface area contributed by atoms with Gasteiger partial charge in [0.05, 0.1) is 22.1 Å². The fourth-order valence-electron chi connectivity index (χ4n) is 2.24. The largest absolute Gasteiger partial charge is 0.292 e. The zero-order valence-corrected chi connectivity index (χ0v) is 11.7. The third-order valence-electron chi connectivity index (χ3n) is 3.15. The van der Waals surface area contributed by atoms with Crippen LogP contribution in [0.3, 0.4) is 0 Å². The molecule has 0 N–H and O–H groups in total. The Morgan fingerprint density at radius 3 is 2.43 bits per heavy atom. The van der Waals surface area contributed by atoms with Crippen molar-refractivity contribution < 1.29 is 13.2 Å². The van der Waals surface area contributed by atoms with E-state index in [1.54, 1.807) is 6.92 Å². The van der Waals surface area contributed by atoms with Crippen molar-refractivity contribution in [2.75, 3.05) is 0 Å². The highest BCUT2D eigenvalue weighted by molar-refractivity contribution is 6.20. The number of benzene rings is 2. The molecule has 2 aromatic carbocycles. The molecule has 1 atom stereocenters. The molecule has 0 spiro atoms. The molecule has 3 rings (SSSR count). The van der Waals surface area contributed by atoms with E-state index < -0.39 is 22.8 Å². The molecule has 0 amide bonds.